The van der Waals surface area contributed by atoms with Crippen molar-refractivity contribution in [2.45, 2.75) is 6.42 Å². The van der Waals surface area contributed by atoms with Crippen LogP contribution < -0.4 is 0 Å². The molecule has 0 unspecified atom stereocenters. The van der Waals surface area contributed by atoms with Crippen molar-refractivity contribution >= 4 is 22.7 Å². The van der Waals surface area contributed by atoms with Gasteiger partial charge in [0.25, 0.3) is 5.71 Å². The van der Waals surface area contributed by atoms with E-state index in [0.29, 0.717) is 23.0 Å². The first-order chi connectivity index (χ1) is 14.3. The van der Waals surface area contributed by atoms with E-state index in [0.717, 1.165) is 33.5 Å². The van der Waals surface area contributed by atoms with Gasteiger partial charge in [-0.1, -0.05) is 59.2 Å². The fraction of sp³-hybridized carbons (Fsp3) is 0.0435. The second-order valence-corrected chi connectivity index (χ2v) is 7.05. The minimum absolute atomic E-state index is 0.456. The molecule has 3 heterocycles. The summed E-state index contributed by atoms with van der Waals surface area (Å²) in [7, 11) is 0. The normalized spacial score (nSPS) is 11.1. The second-order valence-electron chi connectivity index (χ2n) is 6.61. The Labute approximate surface area is 172 Å². The summed E-state index contributed by atoms with van der Waals surface area (Å²) in [5.41, 5.74) is 4.92. The Balaban J connectivity index is 1.73. The Morgan fingerprint density at radius 2 is 1.62 bits per heavy atom. The van der Waals surface area contributed by atoms with Gasteiger partial charge in [-0.15, -0.1) is 0 Å². The van der Waals surface area contributed by atoms with Crippen LogP contribution in [0.5, 0.6) is 0 Å². The molecular weight excluding hydrogens is 384 g/mol. The molecule has 3 aromatic heterocycles. The van der Waals surface area contributed by atoms with Crippen molar-refractivity contribution in [3.05, 3.63) is 95.4 Å². The monoisotopic (exact) mass is 398 g/mol. The average Bonchev–Trinajstić information content (AvgIpc) is 3.19. The Bertz CT molecular complexity index is 1290. The summed E-state index contributed by atoms with van der Waals surface area (Å²) in [6, 6.07) is 21.3. The number of nitrogens with zero attached hydrogens (tertiary/aromatic N) is 4. The van der Waals surface area contributed by atoms with Crippen molar-refractivity contribution in [1.29, 1.82) is 0 Å². The molecule has 0 spiro atoms. The molecule has 0 saturated carbocycles. The fourth-order valence-electron chi connectivity index (χ4n) is 3.29. The van der Waals surface area contributed by atoms with Gasteiger partial charge >= 0.3 is 0 Å². The van der Waals surface area contributed by atoms with Crippen LogP contribution in [0.15, 0.2) is 83.6 Å². The zero-order chi connectivity index (χ0) is 19.6. The quantitative estimate of drug-likeness (QED) is 0.394. The Morgan fingerprint density at radius 3 is 2.41 bits per heavy atom. The maximum Gasteiger partial charge on any atom is 0.262 e. The van der Waals surface area contributed by atoms with E-state index in [1.165, 1.54) is 0 Å². The van der Waals surface area contributed by atoms with Gasteiger partial charge in [0.1, 0.15) is 5.69 Å². The molecule has 6 heteroatoms. The van der Waals surface area contributed by atoms with Crippen molar-refractivity contribution in [1.82, 2.24) is 20.1 Å². The second kappa shape index (κ2) is 7.45. The molecule has 5 aromatic rings. The first kappa shape index (κ1) is 17.5. The topological polar surface area (TPSA) is 64.7 Å². The van der Waals surface area contributed by atoms with Crippen LogP contribution >= 0.6 is 11.6 Å². The Morgan fingerprint density at radius 1 is 0.828 bits per heavy atom. The van der Waals surface area contributed by atoms with E-state index in [1.807, 2.05) is 66.7 Å². The third kappa shape index (κ3) is 3.48. The molecule has 0 fully saturated rings. The van der Waals surface area contributed by atoms with E-state index in [2.05, 4.69) is 15.1 Å². The van der Waals surface area contributed by atoms with Crippen LogP contribution in [0, 0.1) is 0 Å². The molecule has 0 saturated heterocycles. The highest BCUT2D eigenvalue weighted by atomic mass is 35.5. The molecule has 0 N–H and O–H groups in total. The van der Waals surface area contributed by atoms with Crippen LogP contribution in [0.3, 0.4) is 0 Å². The summed E-state index contributed by atoms with van der Waals surface area (Å²) in [5.74, 6) is 0.555. The molecule has 0 bridgehead atoms. The molecule has 5 rings (SSSR count). The number of benzene rings is 2. The molecule has 0 radical (unpaired) electrons. The number of hydrogen-bond acceptors (Lipinski definition) is 5. The molecule has 0 aliphatic rings. The average molecular weight is 399 g/mol. The van der Waals surface area contributed by atoms with Crippen LogP contribution in [0.25, 0.3) is 33.7 Å². The van der Waals surface area contributed by atoms with E-state index in [9.17, 15) is 0 Å². The summed E-state index contributed by atoms with van der Waals surface area (Å²) < 4.78 is 5.63. The summed E-state index contributed by atoms with van der Waals surface area (Å²) in [4.78, 5) is 13.6. The largest absolute Gasteiger partial charge is 0.335 e. The van der Waals surface area contributed by atoms with E-state index >= 15 is 0 Å². The van der Waals surface area contributed by atoms with E-state index in [1.54, 1.807) is 12.4 Å². The highest BCUT2D eigenvalue weighted by Gasteiger charge is 2.19. The molecule has 2 aromatic carbocycles. The lowest BCUT2D eigenvalue weighted by molar-refractivity contribution is 0.451. The van der Waals surface area contributed by atoms with Crippen molar-refractivity contribution in [2.24, 2.45) is 0 Å². The summed E-state index contributed by atoms with van der Waals surface area (Å²) in [6.45, 7) is 0. The first-order valence-electron chi connectivity index (χ1n) is 9.14. The Kier molecular flexibility index (Phi) is 4.50. The van der Waals surface area contributed by atoms with Gasteiger partial charge in [0.15, 0.2) is 5.82 Å². The lowest BCUT2D eigenvalue weighted by Gasteiger charge is -2.07. The predicted molar refractivity (Wildman–Crippen MR) is 113 cm³/mol. The van der Waals surface area contributed by atoms with Crippen molar-refractivity contribution in [3.8, 4) is 22.6 Å². The van der Waals surface area contributed by atoms with Gasteiger partial charge in [-0.3, -0.25) is 4.98 Å². The number of fused-ring (bicyclic) bond motifs is 1. The van der Waals surface area contributed by atoms with Gasteiger partial charge < -0.3 is 4.52 Å². The third-order valence-electron chi connectivity index (χ3n) is 4.66. The van der Waals surface area contributed by atoms with Gasteiger partial charge in [0.2, 0.25) is 0 Å². The number of rotatable bonds is 4. The van der Waals surface area contributed by atoms with Crippen molar-refractivity contribution in [3.63, 3.8) is 0 Å². The molecule has 140 valence electrons. The minimum Gasteiger partial charge on any atom is -0.335 e. The van der Waals surface area contributed by atoms with Gasteiger partial charge in [0.05, 0.1) is 11.1 Å². The summed E-state index contributed by atoms with van der Waals surface area (Å²) in [6.07, 6.45) is 4.16. The van der Waals surface area contributed by atoms with Gasteiger partial charge in [-0.05, 0) is 29.8 Å². The highest BCUT2D eigenvalue weighted by molar-refractivity contribution is 6.30. The van der Waals surface area contributed by atoms with E-state index < -0.39 is 0 Å². The van der Waals surface area contributed by atoms with Crippen molar-refractivity contribution < 1.29 is 4.52 Å². The predicted octanol–water partition coefficient (Wildman–Crippen LogP) is 5.59. The van der Waals surface area contributed by atoms with Crippen LogP contribution in [0.1, 0.15) is 11.3 Å². The maximum atomic E-state index is 6.17. The summed E-state index contributed by atoms with van der Waals surface area (Å²) >= 11 is 6.17. The van der Waals surface area contributed by atoms with Crippen molar-refractivity contribution in [2.75, 3.05) is 0 Å². The Hall–Kier alpha value is -3.57. The van der Waals surface area contributed by atoms with Crippen LogP contribution in [-0.2, 0) is 6.42 Å². The van der Waals surface area contributed by atoms with E-state index in [-0.39, 0.29) is 0 Å². The summed E-state index contributed by atoms with van der Waals surface area (Å²) in [5, 5.41) is 5.75. The molecule has 0 aliphatic heterocycles. The van der Waals surface area contributed by atoms with Gasteiger partial charge in [0, 0.05) is 35.0 Å². The maximum absolute atomic E-state index is 6.17. The molecule has 0 atom stereocenters. The number of pyridine rings is 1. The fourth-order valence-corrected chi connectivity index (χ4v) is 3.48. The first-order valence-corrected chi connectivity index (χ1v) is 9.52. The lowest BCUT2D eigenvalue weighted by Crippen LogP contribution is -1.99. The van der Waals surface area contributed by atoms with Gasteiger partial charge in [-0.2, -0.15) is 4.98 Å². The molecule has 29 heavy (non-hydrogen) atoms. The number of hydrogen-bond donors (Lipinski definition) is 0. The zero-order valence-electron chi connectivity index (χ0n) is 15.3. The molecule has 5 nitrogen and oxygen atoms in total. The number of aromatic nitrogens is 4. The van der Waals surface area contributed by atoms with Crippen LogP contribution in [0.2, 0.25) is 5.02 Å². The van der Waals surface area contributed by atoms with E-state index in [4.69, 9.17) is 21.1 Å². The lowest BCUT2D eigenvalue weighted by atomic mass is 10.0. The minimum atomic E-state index is 0.456. The molecular formula is C23H15ClN4O. The van der Waals surface area contributed by atoms with Gasteiger partial charge in [-0.25, -0.2) is 4.98 Å². The standard InChI is InChI=1S/C23H15ClN4O/c24-18-8-4-7-17(14-18)22-26-19(13-15-9-11-25-12-10-15)20-21(28-29-23(20)27-22)16-5-2-1-3-6-16/h1-12,14H,13H2. The molecule has 0 amide bonds. The van der Waals surface area contributed by atoms with Crippen LogP contribution in [0.4, 0.5) is 0 Å². The SMILES string of the molecule is Clc1cccc(-c2nc(Cc3ccncc3)c3c(-c4ccccc4)noc3n2)c1. The van der Waals surface area contributed by atoms with Crippen LogP contribution in [-0.4, -0.2) is 20.1 Å². The zero-order valence-corrected chi connectivity index (χ0v) is 16.0. The smallest absolute Gasteiger partial charge is 0.262 e. The highest BCUT2D eigenvalue weighted by Crippen LogP contribution is 2.32. The number of halogens is 1. The molecule has 0 aliphatic carbocycles. The third-order valence-corrected chi connectivity index (χ3v) is 4.90.